The Hall–Kier alpha value is -3.09. The molecule has 0 aliphatic carbocycles. The smallest absolute Gasteiger partial charge is 0.241 e. The second kappa shape index (κ2) is 7.43. The fourth-order valence-corrected chi connectivity index (χ4v) is 3.21. The van der Waals surface area contributed by atoms with E-state index >= 15 is 0 Å². The molecule has 4 heterocycles. The van der Waals surface area contributed by atoms with E-state index in [2.05, 4.69) is 29.8 Å². The molecule has 1 aliphatic heterocycles. The van der Waals surface area contributed by atoms with E-state index in [1.54, 1.807) is 31.0 Å². The molecule has 0 bridgehead atoms. The molecular formula is C19H20N6O. The number of hydrogen-bond donors (Lipinski definition) is 0. The third kappa shape index (κ3) is 3.46. The van der Waals surface area contributed by atoms with Crippen molar-refractivity contribution >= 4 is 5.95 Å². The zero-order valence-corrected chi connectivity index (χ0v) is 14.6. The van der Waals surface area contributed by atoms with Gasteiger partial charge in [-0.1, -0.05) is 0 Å². The number of anilines is 1. The number of aryl methyl sites for hydroxylation is 1. The molecule has 0 N–H and O–H groups in total. The van der Waals surface area contributed by atoms with Crippen LogP contribution in [0.25, 0.3) is 0 Å². The van der Waals surface area contributed by atoms with Crippen LogP contribution in [0.3, 0.4) is 0 Å². The number of pyridine rings is 1. The van der Waals surface area contributed by atoms with Gasteiger partial charge in [-0.25, -0.2) is 15.0 Å². The van der Waals surface area contributed by atoms with Crippen molar-refractivity contribution in [2.45, 2.75) is 25.7 Å². The predicted octanol–water partition coefficient (Wildman–Crippen LogP) is 3.15. The van der Waals surface area contributed by atoms with Crippen molar-refractivity contribution in [2.75, 3.05) is 18.0 Å². The summed E-state index contributed by atoms with van der Waals surface area (Å²) in [6, 6.07) is 5.58. The molecule has 0 unspecified atom stereocenters. The molecule has 0 radical (unpaired) electrons. The van der Waals surface area contributed by atoms with E-state index in [1.165, 1.54) is 0 Å². The summed E-state index contributed by atoms with van der Waals surface area (Å²) in [6.45, 7) is 3.66. The summed E-state index contributed by atoms with van der Waals surface area (Å²) in [5.74, 6) is 2.22. The molecule has 1 saturated heterocycles. The van der Waals surface area contributed by atoms with E-state index in [4.69, 9.17) is 4.74 Å². The van der Waals surface area contributed by atoms with Crippen LogP contribution >= 0.6 is 0 Å². The summed E-state index contributed by atoms with van der Waals surface area (Å²) in [5.41, 5.74) is 1.70. The SMILES string of the molecule is Cc1ncccc1Oc1nccnc1[C@@H]1CCCN(c2ncccn2)C1. The Morgan fingerprint density at radius 3 is 2.62 bits per heavy atom. The van der Waals surface area contributed by atoms with Gasteiger partial charge in [-0.05, 0) is 38.0 Å². The lowest BCUT2D eigenvalue weighted by molar-refractivity contribution is 0.422. The molecule has 3 aromatic heterocycles. The summed E-state index contributed by atoms with van der Waals surface area (Å²) in [5, 5.41) is 0. The van der Waals surface area contributed by atoms with Gasteiger partial charge in [0, 0.05) is 50.0 Å². The highest BCUT2D eigenvalue weighted by atomic mass is 16.5. The van der Waals surface area contributed by atoms with E-state index in [0.717, 1.165) is 43.3 Å². The molecule has 1 atom stereocenters. The third-order valence-corrected chi connectivity index (χ3v) is 4.50. The fourth-order valence-electron chi connectivity index (χ4n) is 3.21. The van der Waals surface area contributed by atoms with Crippen LogP contribution in [0.2, 0.25) is 0 Å². The Labute approximate surface area is 152 Å². The highest BCUT2D eigenvalue weighted by molar-refractivity contribution is 5.36. The van der Waals surface area contributed by atoms with Crippen LogP contribution in [0.1, 0.15) is 30.1 Å². The molecular weight excluding hydrogens is 328 g/mol. The van der Waals surface area contributed by atoms with Gasteiger partial charge in [0.1, 0.15) is 5.69 Å². The predicted molar refractivity (Wildman–Crippen MR) is 97.3 cm³/mol. The lowest BCUT2D eigenvalue weighted by Crippen LogP contribution is -2.36. The van der Waals surface area contributed by atoms with Gasteiger partial charge in [0.15, 0.2) is 5.75 Å². The first-order chi connectivity index (χ1) is 12.8. The number of rotatable bonds is 4. The van der Waals surface area contributed by atoms with Crippen molar-refractivity contribution in [3.63, 3.8) is 0 Å². The zero-order valence-electron chi connectivity index (χ0n) is 14.6. The summed E-state index contributed by atoms with van der Waals surface area (Å²) < 4.78 is 6.05. The van der Waals surface area contributed by atoms with Gasteiger partial charge in [0.05, 0.1) is 5.69 Å². The van der Waals surface area contributed by atoms with Crippen LogP contribution in [0.4, 0.5) is 5.95 Å². The molecule has 0 spiro atoms. The van der Waals surface area contributed by atoms with E-state index in [9.17, 15) is 0 Å². The normalized spacial score (nSPS) is 17.1. The molecule has 7 heteroatoms. The van der Waals surface area contributed by atoms with Crippen molar-refractivity contribution in [2.24, 2.45) is 0 Å². The highest BCUT2D eigenvalue weighted by Gasteiger charge is 2.27. The van der Waals surface area contributed by atoms with Crippen LogP contribution in [0, 0.1) is 6.92 Å². The Kier molecular flexibility index (Phi) is 4.68. The maximum atomic E-state index is 6.05. The first-order valence-electron chi connectivity index (χ1n) is 8.73. The highest BCUT2D eigenvalue weighted by Crippen LogP contribution is 2.33. The number of aromatic nitrogens is 5. The summed E-state index contributed by atoms with van der Waals surface area (Å²) in [4.78, 5) is 24.2. The molecule has 132 valence electrons. The molecule has 1 aliphatic rings. The second-order valence-electron chi connectivity index (χ2n) is 6.27. The molecule has 4 rings (SSSR count). The van der Waals surface area contributed by atoms with Gasteiger partial charge in [0.25, 0.3) is 0 Å². The largest absolute Gasteiger partial charge is 0.435 e. The molecule has 1 fully saturated rings. The molecule has 26 heavy (non-hydrogen) atoms. The first-order valence-corrected chi connectivity index (χ1v) is 8.73. The van der Waals surface area contributed by atoms with Gasteiger partial charge in [0.2, 0.25) is 11.8 Å². The molecule has 7 nitrogen and oxygen atoms in total. The Balaban J connectivity index is 1.59. The average Bonchev–Trinajstić information content (AvgIpc) is 2.71. The summed E-state index contributed by atoms with van der Waals surface area (Å²) in [6.07, 6.45) is 10.7. The third-order valence-electron chi connectivity index (χ3n) is 4.50. The van der Waals surface area contributed by atoms with E-state index in [1.807, 2.05) is 25.1 Å². The molecule has 0 saturated carbocycles. The topological polar surface area (TPSA) is 76.9 Å². The van der Waals surface area contributed by atoms with E-state index in [0.29, 0.717) is 11.6 Å². The maximum absolute atomic E-state index is 6.05. The summed E-state index contributed by atoms with van der Waals surface area (Å²) in [7, 11) is 0. The first kappa shape index (κ1) is 16.4. The summed E-state index contributed by atoms with van der Waals surface area (Å²) >= 11 is 0. The van der Waals surface area contributed by atoms with Crippen molar-refractivity contribution in [3.05, 3.63) is 60.6 Å². The number of nitrogens with zero attached hydrogens (tertiary/aromatic N) is 6. The van der Waals surface area contributed by atoms with E-state index < -0.39 is 0 Å². The van der Waals surface area contributed by atoms with Gasteiger partial charge in [-0.3, -0.25) is 9.97 Å². The minimum absolute atomic E-state index is 0.216. The lowest BCUT2D eigenvalue weighted by Gasteiger charge is -2.32. The van der Waals surface area contributed by atoms with Gasteiger partial charge in [-0.2, -0.15) is 0 Å². The van der Waals surface area contributed by atoms with Crippen molar-refractivity contribution < 1.29 is 4.74 Å². The van der Waals surface area contributed by atoms with Crippen LogP contribution < -0.4 is 9.64 Å². The maximum Gasteiger partial charge on any atom is 0.241 e. The van der Waals surface area contributed by atoms with E-state index in [-0.39, 0.29) is 5.92 Å². The minimum atomic E-state index is 0.216. The second-order valence-corrected chi connectivity index (χ2v) is 6.27. The number of hydrogen-bond acceptors (Lipinski definition) is 7. The Morgan fingerprint density at radius 2 is 1.77 bits per heavy atom. The average molecular weight is 348 g/mol. The van der Waals surface area contributed by atoms with Crippen molar-refractivity contribution in [3.8, 4) is 11.6 Å². The molecule has 3 aromatic rings. The number of ether oxygens (including phenoxy) is 1. The van der Waals surface area contributed by atoms with Gasteiger partial charge >= 0.3 is 0 Å². The molecule has 0 aromatic carbocycles. The quantitative estimate of drug-likeness (QED) is 0.717. The lowest BCUT2D eigenvalue weighted by atomic mass is 9.95. The monoisotopic (exact) mass is 348 g/mol. The van der Waals surface area contributed by atoms with Crippen LogP contribution in [0.15, 0.2) is 49.2 Å². The van der Waals surface area contributed by atoms with Crippen LogP contribution in [-0.2, 0) is 0 Å². The van der Waals surface area contributed by atoms with Crippen LogP contribution in [-0.4, -0.2) is 38.0 Å². The number of piperidine rings is 1. The standard InChI is InChI=1S/C19H20N6O/c1-14-16(6-2-7-20-14)26-18-17(21-10-11-22-18)15-5-3-12-25(13-15)19-23-8-4-9-24-19/h2,4,6-11,15H,3,5,12-13H2,1H3/t15-/m1/s1. The zero-order chi connectivity index (χ0) is 17.8. The minimum Gasteiger partial charge on any atom is -0.435 e. The molecule has 0 amide bonds. The van der Waals surface area contributed by atoms with Crippen molar-refractivity contribution in [1.29, 1.82) is 0 Å². The Bertz CT molecular complexity index is 873. The van der Waals surface area contributed by atoms with Crippen LogP contribution in [0.5, 0.6) is 11.6 Å². The van der Waals surface area contributed by atoms with Gasteiger partial charge < -0.3 is 9.64 Å². The van der Waals surface area contributed by atoms with Gasteiger partial charge in [-0.15, -0.1) is 0 Å². The Morgan fingerprint density at radius 1 is 0.962 bits per heavy atom. The van der Waals surface area contributed by atoms with Crippen molar-refractivity contribution in [1.82, 2.24) is 24.9 Å². The fraction of sp³-hybridized carbons (Fsp3) is 0.316.